The molecule has 0 saturated carbocycles. The molecule has 42 heteroatoms. The van der Waals surface area contributed by atoms with Crippen LogP contribution in [0.2, 0.25) is 204 Å². The number of rotatable bonds is 38. The van der Waals surface area contributed by atoms with Crippen molar-refractivity contribution in [2.75, 3.05) is 0 Å². The van der Waals surface area contributed by atoms with E-state index in [9.17, 15) is 0 Å². The highest BCUT2D eigenvalue weighted by atomic mass is 28.5. The summed E-state index contributed by atoms with van der Waals surface area (Å²) in [5, 5.41) is 0. The molecule has 0 aliphatic rings. The van der Waals surface area contributed by atoms with Crippen LogP contribution in [-0.2, 0) is 32.9 Å². The summed E-state index contributed by atoms with van der Waals surface area (Å²) in [6.07, 6.45) is 0. The molecule has 0 aliphatic carbocycles. The minimum Gasteiger partial charge on any atom is -0.456 e. The number of hydrogen-bond acceptors (Lipinski definition) is 8. The first-order valence-corrected chi connectivity index (χ1v) is 70.3. The minimum atomic E-state index is -2.92. The molecular weight excluding hydrogens is 1240 g/mol. The molecule has 2 atom stereocenters. The minimum absolute atomic E-state index is 0.512. The fraction of sp³-hybridized carbons (Fsp3) is 0.810. The van der Waals surface area contributed by atoms with Crippen LogP contribution in [0, 0.1) is 23.7 Å². The summed E-state index contributed by atoms with van der Waals surface area (Å²) in [5.41, 5.74) is 8.88. The topological polar surface area (TPSA) is 73.8 Å². The van der Waals surface area contributed by atoms with Crippen LogP contribution in [0.25, 0.3) is 0 Å². The van der Waals surface area contributed by atoms with Crippen molar-refractivity contribution in [3.63, 3.8) is 0 Å². The lowest BCUT2D eigenvalue weighted by molar-refractivity contribution is 0.421. The van der Waals surface area contributed by atoms with E-state index in [1.165, 1.54) is 14.1 Å². The third-order valence-electron chi connectivity index (χ3n) is 14.5. The fourth-order valence-electron chi connectivity index (χ4n) is 11.9. The van der Waals surface area contributed by atoms with Crippen molar-refractivity contribution in [1.29, 1.82) is 0 Å². The van der Waals surface area contributed by atoms with Crippen LogP contribution < -0.4 is 0 Å². The van der Waals surface area contributed by atoms with E-state index in [0.29, 0.717) is 12.0 Å². The Balaban J connectivity index is 0. The van der Waals surface area contributed by atoms with Gasteiger partial charge in [0.05, 0.1) is 14.3 Å². The molecule has 432 valence electrons. The highest BCUT2D eigenvalue weighted by Gasteiger charge is 2.59. The van der Waals surface area contributed by atoms with Gasteiger partial charge in [-0.1, -0.05) is 23.3 Å². The normalized spacial score (nSPS) is 14.9. The Morgan fingerprint density at radius 3 is 0.940 bits per heavy atom. The van der Waals surface area contributed by atoms with E-state index in [1.807, 2.05) is 13.8 Å². The largest absolute Gasteiger partial charge is 0.456 e. The summed E-state index contributed by atoms with van der Waals surface area (Å²) in [4.78, 5) is 0. The van der Waals surface area contributed by atoms with E-state index in [4.69, 9.17) is 110 Å². The summed E-state index contributed by atoms with van der Waals surface area (Å²) < 4.78 is 51.8. The zero-order valence-corrected chi connectivity index (χ0v) is 72.9. The van der Waals surface area contributed by atoms with Gasteiger partial charge in [0.25, 0.3) is 0 Å². The van der Waals surface area contributed by atoms with Gasteiger partial charge in [0.2, 0.25) is 0 Å². The van der Waals surface area contributed by atoms with E-state index in [0.717, 1.165) is 12.0 Å². The maximum atomic E-state index is 7.21. The average Bonchev–Trinajstić information content (AvgIpc) is 3.28. The van der Waals surface area contributed by atoms with Gasteiger partial charge < -0.3 is 32.9 Å². The Hall–Kier alpha value is 2.62. The standard InChI is InChI=1S/C24H64B10O6Si10.C18H36B10O2Si4/c1-41(2)35-49(17,36-42(3)4)21-19-45(9,10)39-47(13,14)23-30-33(28)24(32(26)27,34(29)31-25)48(15,16)40-46(11,12)20-22-50(18,37-43(5)6)38-44(7)8;1-11-13-15-31(3,4)29-33(7,8)17-24-27(22)18(26(20)21,28(23)25-19)34(9,10)30-32(5,6)16-14-12-2/h19-22,41-44H,23H2,1-18H3;15-17H2,1-10H3/b21-19+,22-20+;. The fourth-order valence-corrected chi connectivity index (χ4v) is 68.9. The third-order valence-corrected chi connectivity index (χ3v) is 61.5. The smallest absolute Gasteiger partial charge is 0.340 e. The molecule has 2 unspecified atom stereocenters. The maximum Gasteiger partial charge on any atom is 0.340 e. The van der Waals surface area contributed by atoms with Gasteiger partial charge in [-0.2, -0.15) is 0 Å². The van der Waals surface area contributed by atoms with Gasteiger partial charge in [-0.25, -0.2) is 0 Å². The molecule has 8 nitrogen and oxygen atoms in total. The Bertz CT molecular complexity index is 2140. The molecule has 0 rings (SSSR count). The van der Waals surface area contributed by atoms with Crippen molar-refractivity contribution in [1.82, 2.24) is 0 Å². The van der Waals surface area contributed by atoms with Crippen molar-refractivity contribution in [3.05, 3.63) is 22.8 Å². The van der Waals surface area contributed by atoms with Gasteiger partial charge in [0, 0.05) is 143 Å². The Morgan fingerprint density at radius 2 is 0.667 bits per heavy atom. The molecule has 0 heterocycles. The summed E-state index contributed by atoms with van der Waals surface area (Å²) in [7, 11) is 44.4. The van der Waals surface area contributed by atoms with Gasteiger partial charge in [-0.15, -0.1) is 33.2 Å². The molecule has 0 fully saturated rings. The molecule has 0 aromatic rings. The predicted molar refractivity (Wildman–Crippen MR) is 432 cm³/mol. The Kier molecular flexibility index (Phi) is 39.1. The SMILES string of the molecule is [B][B]B([B])C(B([B])[B])(B([B])[B]C[Si](C)(C)O[Si](C)(C)/C=C/[Si](C)(O[SiH](C)C)O[SiH](C)C)[Si](C)(C)O[Si](C)(C)/C=C/[Si](C)(O[SiH](C)C)O[SiH](C)C.[B][B]B([B])C(B([B])[B])(B([B])[B]C[Si](C)(C)O[Si](C)(C)CC#CC)[Si](C)(C)O[Si](C)(C)CC#CC. The first-order valence-electron chi connectivity index (χ1n) is 30.2. The van der Waals surface area contributed by atoms with Crippen molar-refractivity contribution >= 4 is 265 Å². The van der Waals surface area contributed by atoms with Gasteiger partial charge in [-0.3, -0.25) is 0 Å². The van der Waals surface area contributed by atoms with Gasteiger partial charge >= 0.3 is 17.1 Å². The second kappa shape index (κ2) is 37.1. The van der Waals surface area contributed by atoms with Crippen molar-refractivity contribution < 1.29 is 32.9 Å². The molecule has 0 bridgehead atoms. The second-order valence-electron chi connectivity index (χ2n) is 28.5. The van der Waals surface area contributed by atoms with E-state index in [1.54, 1.807) is 0 Å². The molecule has 0 aromatic carbocycles. The zero-order valence-electron chi connectivity index (χ0n) is 58.3. The van der Waals surface area contributed by atoms with E-state index in [2.05, 4.69) is 231 Å². The van der Waals surface area contributed by atoms with Crippen LogP contribution in [0.15, 0.2) is 22.8 Å². The molecular formula is C42H100B20O8Si14. The van der Waals surface area contributed by atoms with E-state index < -0.39 is 168 Å². The lowest BCUT2D eigenvalue weighted by atomic mass is 8.79. The highest BCUT2D eigenvalue weighted by molar-refractivity contribution is 7.66. The quantitative estimate of drug-likeness (QED) is 0.0631. The molecule has 84 heavy (non-hydrogen) atoms. The molecule has 0 spiro atoms. The molecule has 0 aliphatic heterocycles. The van der Waals surface area contributed by atoms with Crippen LogP contribution in [0.3, 0.4) is 0 Å². The number of hydrogen-bond donors (Lipinski definition) is 0. The second-order valence-corrected chi connectivity index (χ2v) is 79.1. The van der Waals surface area contributed by atoms with E-state index >= 15 is 0 Å². The molecule has 24 radical (unpaired) electrons. The highest BCUT2D eigenvalue weighted by Crippen LogP contribution is 2.46. The first kappa shape index (κ1) is 88.7. The van der Waals surface area contributed by atoms with Gasteiger partial charge in [-0.05, 0) is 195 Å². The van der Waals surface area contributed by atoms with Crippen LogP contribution in [0.1, 0.15) is 13.8 Å². The lowest BCUT2D eigenvalue weighted by Crippen LogP contribution is -2.74. The lowest BCUT2D eigenvalue weighted by Gasteiger charge is -2.58. The maximum absolute atomic E-state index is 7.21. The Morgan fingerprint density at radius 1 is 0.393 bits per heavy atom. The van der Waals surface area contributed by atoms with Crippen molar-refractivity contribution in [2.45, 2.75) is 218 Å². The average molecular weight is 1340 g/mol. The summed E-state index contributed by atoms with van der Waals surface area (Å²) in [6.45, 7) is 56.3. The molecule has 0 aromatic heterocycles. The third kappa shape index (κ3) is 29.9. The van der Waals surface area contributed by atoms with Crippen LogP contribution in [0.5, 0.6) is 0 Å². The molecule has 0 saturated heterocycles. The molecule has 0 amide bonds. The van der Waals surface area contributed by atoms with Crippen LogP contribution >= 0.6 is 0 Å². The van der Waals surface area contributed by atoms with Crippen molar-refractivity contribution in [2.24, 2.45) is 0 Å². The first-order chi connectivity index (χ1) is 37.6. The van der Waals surface area contributed by atoms with Crippen molar-refractivity contribution in [3.8, 4) is 23.7 Å². The summed E-state index contributed by atoms with van der Waals surface area (Å²) in [6, 6.07) is 1.52. The molecule has 0 N–H and O–H groups in total. The van der Waals surface area contributed by atoms with Crippen LogP contribution in [-0.4, -0.2) is 265 Å². The summed E-state index contributed by atoms with van der Waals surface area (Å²) in [5.74, 6) is 13.7. The summed E-state index contributed by atoms with van der Waals surface area (Å²) >= 11 is 0. The van der Waals surface area contributed by atoms with Crippen LogP contribution in [0.4, 0.5) is 0 Å². The predicted octanol–water partition coefficient (Wildman–Crippen LogP) is 5.03. The Labute approximate surface area is 556 Å². The van der Waals surface area contributed by atoms with Gasteiger partial charge in [0.15, 0.2) is 103 Å². The monoisotopic (exact) mass is 1340 g/mol. The van der Waals surface area contributed by atoms with Gasteiger partial charge in [0.1, 0.15) is 0 Å². The van der Waals surface area contributed by atoms with E-state index in [-0.39, 0.29) is 0 Å². The zero-order chi connectivity index (χ0) is 66.7.